The van der Waals surface area contributed by atoms with Crippen LogP contribution in [-0.4, -0.2) is 0 Å². The first-order valence-corrected chi connectivity index (χ1v) is 30.0. The molecule has 14 aromatic carbocycles. The van der Waals surface area contributed by atoms with E-state index in [4.69, 9.17) is 8.83 Å². The third-order valence-electron chi connectivity index (χ3n) is 17.1. The van der Waals surface area contributed by atoms with Crippen molar-refractivity contribution in [2.75, 3.05) is 9.80 Å². The summed E-state index contributed by atoms with van der Waals surface area (Å²) in [6.45, 7) is 0. The number of furan rings is 2. The number of anilines is 6. The normalized spacial score (nSPS) is 11.4. The molecule has 414 valence electrons. The van der Waals surface area contributed by atoms with Gasteiger partial charge in [0.05, 0.1) is 0 Å². The highest BCUT2D eigenvalue weighted by atomic mass is 16.3. The Morgan fingerprint density at radius 1 is 0.170 bits per heavy atom. The van der Waals surface area contributed by atoms with E-state index >= 15 is 0 Å². The standard InChI is InChI=1S/C84H56N2O2/c1-5-17-57(18-6-1)59-29-33-61(34-30-59)63-37-45-69(46-38-63)86(70-47-39-64(40-48-70)62-35-31-60(32-36-62)58-19-7-2-8-20-58)72-51-43-66(44-52-72)82-74(54-56-80-84(82)76-26-14-16-28-78(76)88-80)73-53-55-79-83(75-25-13-15-27-77(75)87-79)81(73)65-41-49-71(50-42-65)85(67-21-9-3-10-22-67)68-23-11-4-12-24-68/h1-56H. The van der Waals surface area contributed by atoms with Crippen molar-refractivity contribution in [1.29, 1.82) is 0 Å². The molecule has 0 unspecified atom stereocenters. The molecule has 0 saturated carbocycles. The lowest BCUT2D eigenvalue weighted by Crippen LogP contribution is -2.09. The summed E-state index contributed by atoms with van der Waals surface area (Å²) in [7, 11) is 0. The Kier molecular flexibility index (Phi) is 13.2. The summed E-state index contributed by atoms with van der Waals surface area (Å²) < 4.78 is 13.4. The fraction of sp³-hybridized carbons (Fsp3) is 0. The molecule has 2 heterocycles. The van der Waals surface area contributed by atoms with Crippen LogP contribution in [0, 0.1) is 0 Å². The van der Waals surface area contributed by atoms with E-state index in [2.05, 4.69) is 337 Å². The molecule has 0 amide bonds. The number of hydrogen-bond acceptors (Lipinski definition) is 4. The highest BCUT2D eigenvalue weighted by Gasteiger charge is 2.25. The van der Waals surface area contributed by atoms with Crippen LogP contribution in [0.3, 0.4) is 0 Å². The van der Waals surface area contributed by atoms with Crippen molar-refractivity contribution in [3.8, 4) is 77.9 Å². The Morgan fingerprint density at radius 3 is 0.727 bits per heavy atom. The minimum Gasteiger partial charge on any atom is -0.456 e. The molecule has 0 spiro atoms. The van der Waals surface area contributed by atoms with Crippen LogP contribution in [0.25, 0.3) is 122 Å². The number of para-hydroxylation sites is 4. The quantitative estimate of drug-likeness (QED) is 0.115. The molecular weight excluding hydrogens is 1070 g/mol. The van der Waals surface area contributed by atoms with Crippen LogP contribution in [0.4, 0.5) is 34.1 Å². The lowest BCUT2D eigenvalue weighted by Gasteiger charge is -2.26. The van der Waals surface area contributed by atoms with Crippen LogP contribution in [-0.2, 0) is 0 Å². The fourth-order valence-corrected chi connectivity index (χ4v) is 12.9. The van der Waals surface area contributed by atoms with Crippen LogP contribution in [0.1, 0.15) is 0 Å². The molecular formula is C84H56N2O2. The Bertz CT molecular complexity index is 4950. The lowest BCUT2D eigenvalue weighted by molar-refractivity contribution is 0.668. The Morgan fingerprint density at radius 2 is 0.409 bits per heavy atom. The number of benzene rings is 14. The molecule has 4 nitrogen and oxygen atoms in total. The maximum Gasteiger partial charge on any atom is 0.136 e. The third-order valence-corrected chi connectivity index (χ3v) is 17.1. The van der Waals surface area contributed by atoms with Gasteiger partial charge in [0.1, 0.15) is 22.3 Å². The predicted octanol–water partition coefficient (Wildman–Crippen LogP) is 24.1. The molecule has 0 fully saturated rings. The van der Waals surface area contributed by atoms with Crippen LogP contribution in [0.5, 0.6) is 0 Å². The molecule has 88 heavy (non-hydrogen) atoms. The van der Waals surface area contributed by atoms with Crippen molar-refractivity contribution in [2.45, 2.75) is 0 Å². The molecule has 0 saturated heterocycles. The molecule has 2 aromatic heterocycles. The first-order chi connectivity index (χ1) is 43.6. The van der Waals surface area contributed by atoms with E-state index in [1.807, 2.05) is 12.1 Å². The van der Waals surface area contributed by atoms with Gasteiger partial charge in [-0.2, -0.15) is 0 Å². The van der Waals surface area contributed by atoms with Crippen LogP contribution in [0.2, 0.25) is 0 Å². The maximum absolute atomic E-state index is 6.73. The summed E-state index contributed by atoms with van der Waals surface area (Å²) in [4.78, 5) is 4.67. The highest BCUT2D eigenvalue weighted by molar-refractivity contribution is 6.20. The van der Waals surface area contributed by atoms with Crippen LogP contribution < -0.4 is 9.80 Å². The van der Waals surface area contributed by atoms with Gasteiger partial charge in [-0.15, -0.1) is 0 Å². The van der Waals surface area contributed by atoms with Crippen molar-refractivity contribution in [3.63, 3.8) is 0 Å². The highest BCUT2D eigenvalue weighted by Crippen LogP contribution is 2.50. The van der Waals surface area contributed by atoms with E-state index < -0.39 is 0 Å². The first-order valence-electron chi connectivity index (χ1n) is 30.0. The minimum atomic E-state index is 0.831. The Labute approximate surface area is 511 Å². The second-order valence-corrected chi connectivity index (χ2v) is 22.3. The van der Waals surface area contributed by atoms with E-state index in [-0.39, 0.29) is 0 Å². The zero-order chi connectivity index (χ0) is 58.3. The van der Waals surface area contributed by atoms with Gasteiger partial charge < -0.3 is 18.6 Å². The maximum atomic E-state index is 6.73. The van der Waals surface area contributed by atoms with Crippen molar-refractivity contribution in [1.82, 2.24) is 0 Å². The van der Waals surface area contributed by atoms with E-state index in [1.54, 1.807) is 0 Å². The van der Waals surface area contributed by atoms with Gasteiger partial charge >= 0.3 is 0 Å². The topological polar surface area (TPSA) is 32.8 Å². The number of hydrogen-bond donors (Lipinski definition) is 0. The molecule has 4 heteroatoms. The SMILES string of the molecule is c1ccc(-c2ccc(-c3ccc(N(c4ccc(-c5ccc(-c6ccccc6)cc5)cc4)c4ccc(-c5c(-c6ccc7oc8ccccc8c7c6-c6ccc(N(c7ccccc7)c7ccccc7)cc6)ccc6oc7ccccc7c56)cc4)cc3)cc2)cc1. The van der Waals surface area contributed by atoms with Gasteiger partial charge in [0, 0.05) is 66.8 Å². The molecule has 0 aliphatic rings. The summed E-state index contributed by atoms with van der Waals surface area (Å²) in [6.07, 6.45) is 0. The molecule has 0 atom stereocenters. The number of rotatable bonds is 13. The summed E-state index contributed by atoms with van der Waals surface area (Å²) in [5.41, 5.74) is 25.7. The number of fused-ring (bicyclic) bond motifs is 6. The molecule has 0 radical (unpaired) electrons. The van der Waals surface area contributed by atoms with Crippen LogP contribution >= 0.6 is 0 Å². The zero-order valence-corrected chi connectivity index (χ0v) is 48.0. The summed E-state index contributed by atoms with van der Waals surface area (Å²) in [6, 6.07) is 122. The van der Waals surface area contributed by atoms with E-state index in [0.717, 1.165) is 123 Å². The van der Waals surface area contributed by atoms with E-state index in [1.165, 1.54) is 33.4 Å². The average Bonchev–Trinajstić information content (AvgIpc) is 2.97. The molecule has 0 bridgehead atoms. The summed E-state index contributed by atoms with van der Waals surface area (Å²) in [5.74, 6) is 0. The zero-order valence-electron chi connectivity index (χ0n) is 48.0. The van der Waals surface area contributed by atoms with Gasteiger partial charge in [0.15, 0.2) is 0 Å². The van der Waals surface area contributed by atoms with E-state index in [0.29, 0.717) is 0 Å². The smallest absolute Gasteiger partial charge is 0.136 e. The minimum absolute atomic E-state index is 0.831. The van der Waals surface area contributed by atoms with Crippen LogP contribution in [0.15, 0.2) is 349 Å². The van der Waals surface area contributed by atoms with Gasteiger partial charge in [-0.3, -0.25) is 0 Å². The van der Waals surface area contributed by atoms with Crippen molar-refractivity contribution >= 4 is 78.0 Å². The molecule has 0 aliphatic carbocycles. The van der Waals surface area contributed by atoms with Gasteiger partial charge in [0.25, 0.3) is 0 Å². The fourth-order valence-electron chi connectivity index (χ4n) is 12.9. The largest absolute Gasteiger partial charge is 0.456 e. The third kappa shape index (κ3) is 9.56. The summed E-state index contributed by atoms with van der Waals surface area (Å²) in [5, 5.41) is 4.27. The summed E-state index contributed by atoms with van der Waals surface area (Å²) >= 11 is 0. The van der Waals surface area contributed by atoms with E-state index in [9.17, 15) is 0 Å². The second kappa shape index (κ2) is 22.4. The Hall–Kier alpha value is -11.7. The molecule has 16 aromatic rings. The second-order valence-electron chi connectivity index (χ2n) is 22.3. The Balaban J connectivity index is 0.829. The average molecular weight is 1130 g/mol. The van der Waals surface area contributed by atoms with Gasteiger partial charge in [-0.1, -0.05) is 231 Å². The molecule has 0 aliphatic heterocycles. The first kappa shape index (κ1) is 51.9. The predicted molar refractivity (Wildman–Crippen MR) is 368 cm³/mol. The van der Waals surface area contributed by atoms with Gasteiger partial charge in [0.2, 0.25) is 0 Å². The number of nitrogens with zero attached hydrogens (tertiary/aromatic N) is 2. The monoisotopic (exact) mass is 1120 g/mol. The van der Waals surface area contributed by atoms with Gasteiger partial charge in [-0.05, 0) is 176 Å². The lowest BCUT2D eigenvalue weighted by atomic mass is 9.85. The van der Waals surface area contributed by atoms with Crippen molar-refractivity contribution in [3.05, 3.63) is 340 Å². The molecule has 16 rings (SSSR count). The molecule has 0 N–H and O–H groups in total. The van der Waals surface area contributed by atoms with Crippen molar-refractivity contribution < 1.29 is 8.83 Å². The van der Waals surface area contributed by atoms with Gasteiger partial charge in [-0.25, -0.2) is 0 Å². The van der Waals surface area contributed by atoms with Crippen molar-refractivity contribution in [2.24, 2.45) is 0 Å².